The van der Waals surface area contributed by atoms with Crippen LogP contribution in [0.5, 0.6) is 0 Å². The van der Waals surface area contributed by atoms with Gasteiger partial charge in [-0.15, -0.1) is 0 Å². The van der Waals surface area contributed by atoms with E-state index in [1.54, 1.807) is 33.0 Å². The molecule has 0 aliphatic carbocycles. The third-order valence-corrected chi connectivity index (χ3v) is 5.78. The minimum atomic E-state index is -3.74. The first-order valence-electron chi connectivity index (χ1n) is 7.72. The molecule has 25 heavy (non-hydrogen) atoms. The zero-order chi connectivity index (χ0) is 18.8. The zero-order valence-corrected chi connectivity index (χ0v) is 15.7. The van der Waals surface area contributed by atoms with Crippen molar-refractivity contribution in [1.29, 1.82) is 0 Å². The Bertz CT molecular complexity index is 845. The molecule has 136 valence electrons. The number of carbonyl (C=O) groups is 1. The summed E-state index contributed by atoms with van der Waals surface area (Å²) in [5.74, 6) is 0.403. The van der Waals surface area contributed by atoms with Crippen molar-refractivity contribution >= 4 is 15.9 Å². The van der Waals surface area contributed by atoms with Gasteiger partial charge in [-0.25, -0.2) is 8.42 Å². The lowest BCUT2D eigenvalue weighted by atomic mass is 10.2. The number of aromatic nitrogens is 2. The molecule has 2 aromatic rings. The van der Waals surface area contributed by atoms with E-state index < -0.39 is 16.1 Å². The van der Waals surface area contributed by atoms with Gasteiger partial charge in [0.05, 0.1) is 11.4 Å². The maximum Gasteiger partial charge on any atom is 0.249 e. The second-order valence-corrected chi connectivity index (χ2v) is 7.98. The number of likely N-dealkylation sites (N-methyl/N-ethyl adjacent to an activating group) is 2. The molecule has 0 radical (unpaired) electrons. The normalized spacial score (nSPS) is 13.0. The van der Waals surface area contributed by atoms with Crippen LogP contribution < -0.4 is 0 Å². The second kappa shape index (κ2) is 7.32. The van der Waals surface area contributed by atoms with Crippen LogP contribution in [0.3, 0.4) is 0 Å². The number of aryl methyl sites for hydroxylation is 2. The largest absolute Gasteiger partial charge is 0.337 e. The van der Waals surface area contributed by atoms with Crippen molar-refractivity contribution in [3.05, 3.63) is 41.5 Å². The van der Waals surface area contributed by atoms with Gasteiger partial charge in [0.25, 0.3) is 0 Å². The fraction of sp³-hybridized carbons (Fsp3) is 0.438. The topological polar surface area (TPSA) is 96.6 Å². The van der Waals surface area contributed by atoms with E-state index in [1.165, 1.54) is 24.1 Å². The highest BCUT2D eigenvalue weighted by molar-refractivity contribution is 7.89. The molecule has 1 aromatic carbocycles. The molecule has 1 aromatic heterocycles. The number of nitrogens with zero attached hydrogens (tertiary/aromatic N) is 4. The summed E-state index contributed by atoms with van der Waals surface area (Å²) >= 11 is 0. The second-order valence-electron chi connectivity index (χ2n) is 5.93. The lowest BCUT2D eigenvalue weighted by Gasteiger charge is -2.25. The fourth-order valence-electron chi connectivity index (χ4n) is 2.14. The molecular formula is C16H22N4O4S. The Morgan fingerprint density at radius 3 is 2.32 bits per heavy atom. The minimum Gasteiger partial charge on any atom is -0.337 e. The number of carbonyl (C=O) groups excluding carboxylic acids is 1. The van der Waals surface area contributed by atoms with Crippen molar-refractivity contribution in [1.82, 2.24) is 19.3 Å². The maximum absolute atomic E-state index is 12.6. The highest BCUT2D eigenvalue weighted by Crippen LogP contribution is 2.19. The molecule has 0 saturated carbocycles. The molecule has 0 aliphatic heterocycles. The number of hydrogen-bond acceptors (Lipinski definition) is 6. The molecule has 0 N–H and O–H groups in total. The molecule has 1 unspecified atom stereocenters. The van der Waals surface area contributed by atoms with Crippen LogP contribution in [0.2, 0.25) is 0 Å². The van der Waals surface area contributed by atoms with Crippen LogP contribution in [0, 0.1) is 13.8 Å². The van der Waals surface area contributed by atoms with E-state index in [-0.39, 0.29) is 17.3 Å². The van der Waals surface area contributed by atoms with Crippen molar-refractivity contribution in [2.45, 2.75) is 31.7 Å². The summed E-state index contributed by atoms with van der Waals surface area (Å²) in [6, 6.07) is 6.03. The van der Waals surface area contributed by atoms with Gasteiger partial charge < -0.3 is 9.42 Å². The molecule has 0 bridgehead atoms. The number of rotatable bonds is 6. The highest BCUT2D eigenvalue weighted by Gasteiger charge is 2.27. The van der Waals surface area contributed by atoms with E-state index in [0.29, 0.717) is 11.7 Å². The van der Waals surface area contributed by atoms with E-state index in [2.05, 4.69) is 10.1 Å². The minimum absolute atomic E-state index is 0.150. The van der Waals surface area contributed by atoms with Crippen LogP contribution in [0.1, 0.15) is 30.2 Å². The van der Waals surface area contributed by atoms with Crippen LogP contribution in [0.15, 0.2) is 33.7 Å². The van der Waals surface area contributed by atoms with Crippen LogP contribution in [0.4, 0.5) is 0 Å². The van der Waals surface area contributed by atoms with Gasteiger partial charge >= 0.3 is 0 Å². The van der Waals surface area contributed by atoms with Crippen molar-refractivity contribution in [2.75, 3.05) is 20.6 Å². The summed E-state index contributed by atoms with van der Waals surface area (Å²) in [4.78, 5) is 18.1. The highest BCUT2D eigenvalue weighted by atomic mass is 32.2. The molecule has 0 fully saturated rings. The van der Waals surface area contributed by atoms with E-state index in [1.807, 2.05) is 6.92 Å². The first kappa shape index (κ1) is 19.1. The van der Waals surface area contributed by atoms with Crippen molar-refractivity contribution in [3.8, 4) is 0 Å². The van der Waals surface area contributed by atoms with Crippen molar-refractivity contribution in [3.63, 3.8) is 0 Å². The Morgan fingerprint density at radius 2 is 1.80 bits per heavy atom. The first-order chi connectivity index (χ1) is 11.6. The summed E-state index contributed by atoms with van der Waals surface area (Å²) in [6.07, 6.45) is 0. The van der Waals surface area contributed by atoms with Gasteiger partial charge in [-0.3, -0.25) is 4.79 Å². The van der Waals surface area contributed by atoms with E-state index >= 15 is 0 Å². The molecule has 8 nitrogen and oxygen atoms in total. The number of hydrogen-bond donors (Lipinski definition) is 0. The van der Waals surface area contributed by atoms with Crippen LogP contribution in [0.25, 0.3) is 0 Å². The molecule has 9 heteroatoms. The van der Waals surface area contributed by atoms with E-state index in [0.717, 1.165) is 9.87 Å². The lowest BCUT2D eigenvalue weighted by molar-refractivity contribution is -0.132. The fourth-order valence-corrected chi connectivity index (χ4v) is 3.26. The average Bonchev–Trinajstić information content (AvgIpc) is 3.00. The summed E-state index contributed by atoms with van der Waals surface area (Å²) in [5.41, 5.74) is 0.959. The quantitative estimate of drug-likeness (QED) is 0.769. The van der Waals surface area contributed by atoms with Gasteiger partial charge in [-0.1, -0.05) is 22.9 Å². The van der Waals surface area contributed by atoms with E-state index in [4.69, 9.17) is 4.52 Å². The lowest BCUT2D eigenvalue weighted by Crippen LogP contribution is -2.40. The maximum atomic E-state index is 12.6. The van der Waals surface area contributed by atoms with Gasteiger partial charge in [0.2, 0.25) is 21.8 Å². The molecule has 2 rings (SSSR count). The predicted octanol–water partition coefficient (Wildman–Crippen LogP) is 1.53. The summed E-state index contributed by atoms with van der Waals surface area (Å²) in [6.45, 7) is 5.01. The van der Waals surface area contributed by atoms with Gasteiger partial charge in [0.1, 0.15) is 6.04 Å². The van der Waals surface area contributed by atoms with Crippen LogP contribution in [-0.2, 0) is 14.8 Å². The van der Waals surface area contributed by atoms with Gasteiger partial charge in [0.15, 0.2) is 5.82 Å². The molecular weight excluding hydrogens is 344 g/mol. The molecule has 0 saturated heterocycles. The van der Waals surface area contributed by atoms with E-state index in [9.17, 15) is 13.2 Å². The predicted molar refractivity (Wildman–Crippen MR) is 91.2 cm³/mol. The number of sulfonamides is 1. The molecule has 1 heterocycles. The Labute approximate surface area is 147 Å². The molecule has 0 spiro atoms. The van der Waals surface area contributed by atoms with Crippen LogP contribution >= 0.6 is 0 Å². The van der Waals surface area contributed by atoms with Gasteiger partial charge in [-0.2, -0.15) is 9.29 Å². The third kappa shape index (κ3) is 4.23. The zero-order valence-electron chi connectivity index (χ0n) is 14.9. The van der Waals surface area contributed by atoms with Crippen molar-refractivity contribution < 1.29 is 17.7 Å². The number of benzene rings is 1. The van der Waals surface area contributed by atoms with Gasteiger partial charge in [-0.05, 0) is 32.9 Å². The average molecular weight is 366 g/mol. The SMILES string of the molecule is Cc1ccc(S(=O)(=O)N(C)CC(=O)N(C)C(C)c2nc(C)no2)cc1. The van der Waals surface area contributed by atoms with Gasteiger partial charge in [0, 0.05) is 14.1 Å². The third-order valence-electron chi connectivity index (χ3n) is 3.96. The Kier molecular flexibility index (Phi) is 5.58. The summed E-state index contributed by atoms with van der Waals surface area (Å²) in [5, 5.41) is 3.70. The first-order valence-corrected chi connectivity index (χ1v) is 9.16. The Hall–Kier alpha value is -2.26. The molecule has 1 amide bonds. The standard InChI is InChI=1S/C16H22N4O4S/c1-11-6-8-14(9-7-11)25(22,23)19(4)10-15(21)20(5)12(2)16-17-13(3)18-24-16/h6-9,12H,10H2,1-5H3. The summed E-state index contributed by atoms with van der Waals surface area (Å²) < 4.78 is 31.2. The smallest absolute Gasteiger partial charge is 0.249 e. The molecule has 1 atom stereocenters. The monoisotopic (exact) mass is 366 g/mol. The van der Waals surface area contributed by atoms with Crippen LogP contribution in [-0.4, -0.2) is 54.3 Å². The van der Waals surface area contributed by atoms with Crippen molar-refractivity contribution in [2.24, 2.45) is 0 Å². The Morgan fingerprint density at radius 1 is 1.20 bits per heavy atom. The number of amides is 1. The Balaban J connectivity index is 2.09. The molecule has 0 aliphatic rings. The summed E-state index contributed by atoms with van der Waals surface area (Å²) in [7, 11) is -0.790.